The van der Waals surface area contributed by atoms with Gasteiger partial charge in [0.25, 0.3) is 5.67 Å². The standard InChI is InChI=1S/C6H4F5N/c7-4-5(8,6(9,10)11)2-1-3-12-4/h1-4H. The van der Waals surface area contributed by atoms with E-state index in [9.17, 15) is 22.0 Å². The van der Waals surface area contributed by atoms with Crippen molar-refractivity contribution in [3.8, 4) is 0 Å². The average molecular weight is 185 g/mol. The van der Waals surface area contributed by atoms with Gasteiger partial charge in [0.2, 0.25) is 6.30 Å². The third kappa shape index (κ3) is 1.21. The van der Waals surface area contributed by atoms with E-state index in [0.717, 1.165) is 12.3 Å². The number of aliphatic imine (C=N–C) groups is 1. The predicted octanol–water partition coefficient (Wildman–Crippen LogP) is 2.19. The second-order valence-electron chi connectivity index (χ2n) is 2.26. The van der Waals surface area contributed by atoms with Crippen molar-refractivity contribution in [3.05, 3.63) is 12.2 Å². The van der Waals surface area contributed by atoms with Crippen molar-refractivity contribution in [2.75, 3.05) is 0 Å². The highest BCUT2D eigenvalue weighted by molar-refractivity contribution is 5.73. The van der Waals surface area contributed by atoms with Crippen LogP contribution in [0.1, 0.15) is 0 Å². The summed E-state index contributed by atoms with van der Waals surface area (Å²) in [6.45, 7) is 0. The minimum absolute atomic E-state index is 0.116. The average Bonchev–Trinajstić information content (AvgIpc) is 1.93. The largest absolute Gasteiger partial charge is 0.431 e. The molecule has 0 amide bonds. The predicted molar refractivity (Wildman–Crippen MR) is 32.4 cm³/mol. The van der Waals surface area contributed by atoms with E-state index in [1.54, 1.807) is 0 Å². The van der Waals surface area contributed by atoms with E-state index in [0.29, 0.717) is 0 Å². The van der Waals surface area contributed by atoms with E-state index in [4.69, 9.17) is 0 Å². The van der Waals surface area contributed by atoms with E-state index in [1.807, 2.05) is 0 Å². The SMILES string of the molecule is FC1N=CC=CC1(F)C(F)(F)F. The summed E-state index contributed by atoms with van der Waals surface area (Å²) in [6.07, 6.45) is -6.54. The summed E-state index contributed by atoms with van der Waals surface area (Å²) in [5, 5.41) is 0. The third-order valence-electron chi connectivity index (χ3n) is 1.42. The maximum Gasteiger partial charge on any atom is 0.431 e. The van der Waals surface area contributed by atoms with Crippen molar-refractivity contribution in [2.45, 2.75) is 18.1 Å². The van der Waals surface area contributed by atoms with Crippen molar-refractivity contribution in [1.82, 2.24) is 0 Å². The molecule has 1 aliphatic rings. The summed E-state index contributed by atoms with van der Waals surface area (Å²) in [6, 6.07) is 0. The van der Waals surface area contributed by atoms with Gasteiger partial charge in [0.05, 0.1) is 0 Å². The van der Waals surface area contributed by atoms with Crippen LogP contribution in [0.15, 0.2) is 17.1 Å². The number of nitrogens with zero attached hydrogens (tertiary/aromatic N) is 1. The van der Waals surface area contributed by atoms with E-state index in [2.05, 4.69) is 4.99 Å². The van der Waals surface area contributed by atoms with Gasteiger partial charge in [-0.15, -0.1) is 0 Å². The minimum Gasteiger partial charge on any atom is -0.253 e. The van der Waals surface area contributed by atoms with Gasteiger partial charge in [-0.3, -0.25) is 4.99 Å². The van der Waals surface area contributed by atoms with Crippen LogP contribution >= 0.6 is 0 Å². The molecule has 2 atom stereocenters. The van der Waals surface area contributed by atoms with Crippen LogP contribution in [0, 0.1) is 0 Å². The van der Waals surface area contributed by atoms with Crippen LogP contribution in [0.5, 0.6) is 0 Å². The Morgan fingerprint density at radius 2 is 1.92 bits per heavy atom. The van der Waals surface area contributed by atoms with Gasteiger partial charge in [-0.25, -0.2) is 8.78 Å². The monoisotopic (exact) mass is 185 g/mol. The van der Waals surface area contributed by atoms with Gasteiger partial charge in [0, 0.05) is 6.21 Å². The highest BCUT2D eigenvalue weighted by Crippen LogP contribution is 2.40. The number of halogens is 5. The van der Waals surface area contributed by atoms with Crippen molar-refractivity contribution in [1.29, 1.82) is 0 Å². The van der Waals surface area contributed by atoms with Gasteiger partial charge in [-0.1, -0.05) is 0 Å². The lowest BCUT2D eigenvalue weighted by Gasteiger charge is -2.26. The summed E-state index contributed by atoms with van der Waals surface area (Å²) in [7, 11) is 0. The highest BCUT2D eigenvalue weighted by Gasteiger charge is 2.60. The molecule has 1 nitrogen and oxygen atoms in total. The maximum absolute atomic E-state index is 12.8. The second kappa shape index (κ2) is 2.53. The topological polar surface area (TPSA) is 12.4 Å². The van der Waals surface area contributed by atoms with Crippen molar-refractivity contribution in [2.24, 2.45) is 4.99 Å². The maximum atomic E-state index is 12.8. The Labute approximate surface area is 64.6 Å². The number of dihydropyridines is 1. The summed E-state index contributed by atoms with van der Waals surface area (Å²) in [5.41, 5.74) is -3.97. The third-order valence-corrected chi connectivity index (χ3v) is 1.42. The molecular weight excluding hydrogens is 181 g/mol. The molecule has 12 heavy (non-hydrogen) atoms. The zero-order valence-electron chi connectivity index (χ0n) is 5.65. The second-order valence-corrected chi connectivity index (χ2v) is 2.26. The van der Waals surface area contributed by atoms with Crippen LogP contribution in [0.2, 0.25) is 0 Å². The Balaban J connectivity index is 2.99. The molecule has 68 valence electrons. The fraction of sp³-hybridized carbons (Fsp3) is 0.500. The Bertz CT molecular complexity index is 231. The molecule has 2 unspecified atom stereocenters. The van der Waals surface area contributed by atoms with Crippen LogP contribution in [0.4, 0.5) is 22.0 Å². The first-order valence-corrected chi connectivity index (χ1v) is 2.98. The molecule has 0 radical (unpaired) electrons. The fourth-order valence-corrected chi connectivity index (χ4v) is 0.726. The lowest BCUT2D eigenvalue weighted by atomic mass is 10.0. The number of allylic oxidation sites excluding steroid dienone is 1. The van der Waals surface area contributed by atoms with E-state index in [-0.39, 0.29) is 6.08 Å². The molecule has 1 rings (SSSR count). The molecule has 0 spiro atoms. The van der Waals surface area contributed by atoms with Crippen LogP contribution in [-0.4, -0.2) is 24.4 Å². The van der Waals surface area contributed by atoms with Gasteiger partial charge in [-0.05, 0) is 12.2 Å². The van der Waals surface area contributed by atoms with Crippen molar-refractivity contribution >= 4 is 6.21 Å². The number of alkyl halides is 5. The summed E-state index contributed by atoms with van der Waals surface area (Å²) < 4.78 is 60.7. The first-order chi connectivity index (χ1) is 5.38. The van der Waals surface area contributed by atoms with Crippen molar-refractivity contribution < 1.29 is 22.0 Å². The highest BCUT2D eigenvalue weighted by atomic mass is 19.4. The summed E-state index contributed by atoms with van der Waals surface area (Å²) in [4.78, 5) is 2.68. The Kier molecular flexibility index (Phi) is 1.93. The number of hydrogen-bond donors (Lipinski definition) is 0. The van der Waals surface area contributed by atoms with Crippen molar-refractivity contribution in [3.63, 3.8) is 0 Å². The lowest BCUT2D eigenvalue weighted by molar-refractivity contribution is -0.229. The molecule has 1 heterocycles. The van der Waals surface area contributed by atoms with Crippen LogP contribution < -0.4 is 0 Å². The molecule has 0 aliphatic carbocycles. The van der Waals surface area contributed by atoms with Gasteiger partial charge in [0.1, 0.15) is 0 Å². The quantitative estimate of drug-likeness (QED) is 0.405. The van der Waals surface area contributed by atoms with E-state index >= 15 is 0 Å². The van der Waals surface area contributed by atoms with Gasteiger partial charge in [-0.2, -0.15) is 13.2 Å². The number of hydrogen-bond acceptors (Lipinski definition) is 1. The van der Waals surface area contributed by atoms with Crippen LogP contribution in [0.25, 0.3) is 0 Å². The molecule has 0 aromatic heterocycles. The van der Waals surface area contributed by atoms with Crippen LogP contribution in [0.3, 0.4) is 0 Å². The Morgan fingerprint density at radius 1 is 1.33 bits per heavy atom. The van der Waals surface area contributed by atoms with Gasteiger partial charge in [0.15, 0.2) is 0 Å². The molecule has 6 heteroatoms. The molecular formula is C6H4F5N. The molecule has 0 saturated heterocycles. The molecule has 0 aromatic rings. The van der Waals surface area contributed by atoms with Crippen LogP contribution in [-0.2, 0) is 0 Å². The molecule has 0 N–H and O–H groups in total. The summed E-state index contributed by atoms with van der Waals surface area (Å²) >= 11 is 0. The normalized spacial score (nSPS) is 35.6. The smallest absolute Gasteiger partial charge is 0.253 e. The Hall–Kier alpha value is -0.940. The fourth-order valence-electron chi connectivity index (χ4n) is 0.726. The zero-order chi connectivity index (χ0) is 9.41. The van der Waals surface area contributed by atoms with E-state index < -0.39 is 18.1 Å². The first kappa shape index (κ1) is 9.15. The van der Waals surface area contributed by atoms with E-state index in [1.165, 1.54) is 0 Å². The van der Waals surface area contributed by atoms with Gasteiger partial charge >= 0.3 is 6.18 Å². The Morgan fingerprint density at radius 3 is 2.25 bits per heavy atom. The number of rotatable bonds is 0. The molecule has 0 fully saturated rings. The van der Waals surface area contributed by atoms with Gasteiger partial charge < -0.3 is 0 Å². The molecule has 1 aliphatic heterocycles. The zero-order valence-corrected chi connectivity index (χ0v) is 5.65. The summed E-state index contributed by atoms with van der Waals surface area (Å²) in [5.74, 6) is 0. The first-order valence-electron chi connectivity index (χ1n) is 2.98. The molecule has 0 aromatic carbocycles. The minimum atomic E-state index is -5.26. The molecule has 0 saturated carbocycles. The lowest BCUT2D eigenvalue weighted by Crippen LogP contribution is -2.47. The molecule has 0 bridgehead atoms.